The van der Waals surface area contributed by atoms with Gasteiger partial charge in [-0.05, 0) is 84.3 Å². The summed E-state index contributed by atoms with van der Waals surface area (Å²) in [5.74, 6) is 1.42. The number of nitrogens with zero attached hydrogens (tertiary/aromatic N) is 1. The van der Waals surface area contributed by atoms with Gasteiger partial charge in [0.2, 0.25) is 0 Å². The molecular weight excluding hydrogens is 769 g/mol. The Hall–Kier alpha value is -4.55. The standard InChI is InChI=1S/C49H43NO3.2ClH.Ti/c1-31-24-33(46(51)44(26-31)48(3)40-19-9-5-15-36(40)37-16-6-10-20-41(37)48)28-50(30-35-14-13-23-53-35)29-34-25-32(2)27-45(47(34)52)49(4)42-21-11-7-17-38(42)39-18-8-12-22-43(39)49;;;/h5-27,51-52H,28-30H2,1-4H3;2*1H;/q;;;+2/p-2. The molecule has 4 nitrogen and oxygen atoms in total. The number of phenolic OH excluding ortho intramolecular Hbond substituents is 2. The molecule has 56 heavy (non-hydrogen) atoms. The van der Waals surface area contributed by atoms with E-state index in [-0.39, 0.29) is 0 Å². The first-order chi connectivity index (χ1) is 27.1. The van der Waals surface area contributed by atoms with Crippen LogP contribution in [0.5, 0.6) is 11.5 Å². The first-order valence-corrected chi connectivity index (χ1v) is 23.1. The van der Waals surface area contributed by atoms with E-state index in [1.165, 1.54) is 44.5 Å². The van der Waals surface area contributed by atoms with Crippen LogP contribution in [0.3, 0.4) is 0 Å². The molecule has 2 N–H and O–H groups in total. The van der Waals surface area contributed by atoms with Gasteiger partial charge in [-0.15, -0.1) is 0 Å². The third-order valence-corrected chi connectivity index (χ3v) is 11.9. The van der Waals surface area contributed by atoms with E-state index in [4.69, 9.17) is 23.0 Å². The van der Waals surface area contributed by atoms with Crippen molar-refractivity contribution in [3.05, 3.63) is 201 Å². The van der Waals surface area contributed by atoms with Crippen LogP contribution in [0.2, 0.25) is 0 Å². The van der Waals surface area contributed by atoms with Gasteiger partial charge in [-0.1, -0.05) is 132 Å². The number of furan rings is 1. The van der Waals surface area contributed by atoms with E-state index >= 15 is 0 Å². The van der Waals surface area contributed by atoms with E-state index in [1.54, 1.807) is 6.26 Å². The Morgan fingerprint density at radius 2 is 0.875 bits per heavy atom. The van der Waals surface area contributed by atoms with Crippen molar-refractivity contribution in [3.63, 3.8) is 0 Å². The van der Waals surface area contributed by atoms with E-state index in [0.29, 0.717) is 31.1 Å². The molecule has 280 valence electrons. The topological polar surface area (TPSA) is 56.8 Å². The van der Waals surface area contributed by atoms with Gasteiger partial charge in [0, 0.05) is 46.2 Å². The molecule has 7 heteroatoms. The van der Waals surface area contributed by atoms with E-state index in [0.717, 1.165) is 39.1 Å². The minimum absolute atomic E-state index is 0.301. The fraction of sp³-hybridized carbons (Fsp3) is 0.184. The normalized spacial score (nSPS) is 14.0. The van der Waals surface area contributed by atoms with Crippen LogP contribution in [0.15, 0.2) is 144 Å². The molecule has 1 heterocycles. The molecule has 7 aromatic rings. The van der Waals surface area contributed by atoms with Crippen LogP contribution in [-0.2, 0) is 47.5 Å². The fourth-order valence-electron chi connectivity index (χ4n) is 9.47. The first-order valence-electron chi connectivity index (χ1n) is 18.8. The Kier molecular flexibility index (Phi) is 10.6. The maximum atomic E-state index is 12.3. The molecule has 0 saturated heterocycles. The van der Waals surface area contributed by atoms with Crippen LogP contribution in [0.1, 0.15) is 75.2 Å². The van der Waals surface area contributed by atoms with Gasteiger partial charge in [0.25, 0.3) is 0 Å². The molecule has 0 bridgehead atoms. The number of aromatic hydroxyl groups is 2. The van der Waals surface area contributed by atoms with Crippen molar-refractivity contribution in [2.45, 2.75) is 58.2 Å². The summed E-state index contributed by atoms with van der Waals surface area (Å²) in [7, 11) is 9.78. The fourth-order valence-corrected chi connectivity index (χ4v) is 9.47. The second-order valence-corrected chi connectivity index (χ2v) is 17.9. The van der Waals surface area contributed by atoms with Crippen molar-refractivity contribution in [1.29, 1.82) is 0 Å². The summed E-state index contributed by atoms with van der Waals surface area (Å²) in [5, 5.41) is 24.7. The molecule has 0 fully saturated rings. The molecule has 0 radical (unpaired) electrons. The molecule has 9 rings (SSSR count). The SMILES string of the molecule is Cc1cc(CN(Cc2ccco2)Cc2cc(C)cc(C3(C)c4ccccc4-c4ccccc43)c2O)c(O)c(C2(C)c3ccccc3-c3ccccc32)c1.[Cl][Ti][Cl]. The Labute approximate surface area is 346 Å². The average Bonchev–Trinajstić information content (AvgIpc) is 3.89. The summed E-state index contributed by atoms with van der Waals surface area (Å²) >= 11 is -0.556. The van der Waals surface area contributed by atoms with E-state index < -0.39 is 27.9 Å². The third kappa shape index (κ3) is 6.42. The van der Waals surface area contributed by atoms with Crippen molar-refractivity contribution in [2.24, 2.45) is 0 Å². The molecule has 0 amide bonds. The van der Waals surface area contributed by atoms with Crippen molar-refractivity contribution in [2.75, 3.05) is 0 Å². The summed E-state index contributed by atoms with van der Waals surface area (Å²) in [6.07, 6.45) is 1.70. The minimum atomic E-state index is -0.556. The summed E-state index contributed by atoms with van der Waals surface area (Å²) in [5.41, 5.74) is 14.2. The summed E-state index contributed by atoms with van der Waals surface area (Å²) in [4.78, 5) is 2.26. The quantitative estimate of drug-likeness (QED) is 0.150. The van der Waals surface area contributed by atoms with Crippen LogP contribution in [0.4, 0.5) is 0 Å². The van der Waals surface area contributed by atoms with Gasteiger partial charge in [-0.2, -0.15) is 0 Å². The second-order valence-electron chi connectivity index (χ2n) is 15.4. The molecule has 0 aliphatic heterocycles. The maximum absolute atomic E-state index is 12.3. The van der Waals surface area contributed by atoms with Crippen LogP contribution in [-0.4, -0.2) is 15.1 Å². The Morgan fingerprint density at radius 1 is 0.518 bits per heavy atom. The van der Waals surface area contributed by atoms with Crippen molar-refractivity contribution >= 4 is 18.6 Å². The predicted octanol–water partition coefficient (Wildman–Crippen LogP) is 12.6. The van der Waals surface area contributed by atoms with Gasteiger partial charge in [0.15, 0.2) is 0 Å². The molecule has 0 unspecified atom stereocenters. The van der Waals surface area contributed by atoms with Gasteiger partial charge in [-0.3, -0.25) is 4.90 Å². The van der Waals surface area contributed by atoms with Crippen LogP contribution >= 0.6 is 18.6 Å². The van der Waals surface area contributed by atoms with Gasteiger partial charge >= 0.3 is 35.6 Å². The summed E-state index contributed by atoms with van der Waals surface area (Å²) < 4.78 is 5.88. The second kappa shape index (κ2) is 15.4. The van der Waals surface area contributed by atoms with Gasteiger partial charge in [-0.25, -0.2) is 0 Å². The zero-order valence-electron chi connectivity index (χ0n) is 31.9. The molecule has 2 aliphatic carbocycles. The molecule has 0 spiro atoms. The van der Waals surface area contributed by atoms with Gasteiger partial charge < -0.3 is 14.6 Å². The number of rotatable bonds is 8. The van der Waals surface area contributed by atoms with Crippen molar-refractivity contribution < 1.29 is 31.7 Å². The van der Waals surface area contributed by atoms with Gasteiger partial charge in [0.1, 0.15) is 17.3 Å². The molecule has 6 aromatic carbocycles. The molecular formula is C49H43Cl2NO3Ti. The Morgan fingerprint density at radius 3 is 1.21 bits per heavy atom. The third-order valence-electron chi connectivity index (χ3n) is 11.9. The zero-order chi connectivity index (χ0) is 39.2. The van der Waals surface area contributed by atoms with Gasteiger partial charge in [0.05, 0.1) is 12.8 Å². The van der Waals surface area contributed by atoms with Crippen LogP contribution in [0.25, 0.3) is 22.3 Å². The molecule has 1 aromatic heterocycles. The van der Waals surface area contributed by atoms with E-state index in [9.17, 15) is 10.2 Å². The Bertz CT molecular complexity index is 2320. The predicted molar refractivity (Wildman–Crippen MR) is 224 cm³/mol. The van der Waals surface area contributed by atoms with Crippen molar-refractivity contribution in [3.8, 4) is 33.8 Å². The van der Waals surface area contributed by atoms with Crippen LogP contribution in [0, 0.1) is 13.8 Å². The zero-order valence-corrected chi connectivity index (χ0v) is 35.0. The Balaban J connectivity index is 0.00000143. The number of halogens is 2. The van der Waals surface area contributed by atoms with Crippen LogP contribution < -0.4 is 0 Å². The number of fused-ring (bicyclic) bond motifs is 6. The van der Waals surface area contributed by atoms with Crippen molar-refractivity contribution in [1.82, 2.24) is 4.90 Å². The van der Waals surface area contributed by atoms with E-state index in [1.807, 2.05) is 12.1 Å². The number of benzene rings is 6. The first kappa shape index (κ1) is 38.3. The number of aryl methyl sites for hydroxylation is 2. The molecule has 0 saturated carbocycles. The molecule has 2 aliphatic rings. The number of hydrogen-bond donors (Lipinski definition) is 2. The molecule has 0 atom stereocenters. The number of hydrogen-bond acceptors (Lipinski definition) is 4. The van der Waals surface area contributed by atoms with E-state index in [2.05, 4.69) is 154 Å². The average molecular weight is 813 g/mol. The monoisotopic (exact) mass is 811 g/mol. The summed E-state index contributed by atoms with van der Waals surface area (Å²) in [6.45, 7) is 10.1. The summed E-state index contributed by atoms with van der Waals surface area (Å²) in [6, 6.07) is 46.6. The number of phenols is 2.